The Bertz CT molecular complexity index is 593. The molecule has 4 saturated carbocycles. The molecule has 4 N–H and O–H groups in total. The van der Waals surface area contributed by atoms with Crippen molar-refractivity contribution in [3.05, 3.63) is 0 Å². The molecule has 8 atom stereocenters. The zero-order valence-corrected chi connectivity index (χ0v) is 15.4. The molecule has 0 aliphatic heterocycles. The van der Waals surface area contributed by atoms with E-state index in [1.807, 2.05) is 6.92 Å². The number of aliphatic hydroxyl groups excluding tert-OH is 3. The number of hydrogen-bond acceptors (Lipinski definition) is 5. The molecular weight excluding hydrogens is 320 g/mol. The van der Waals surface area contributed by atoms with Crippen LogP contribution < -0.4 is 0 Å². The van der Waals surface area contributed by atoms with Crippen molar-refractivity contribution in [2.45, 2.75) is 70.5 Å². The van der Waals surface area contributed by atoms with Crippen molar-refractivity contribution in [2.75, 3.05) is 13.2 Å². The molecule has 4 aliphatic carbocycles. The largest absolute Gasteiger partial charge is 0.396 e. The molecule has 0 saturated heterocycles. The molecule has 142 valence electrons. The van der Waals surface area contributed by atoms with E-state index in [0.29, 0.717) is 19.3 Å². The number of hydrogen-bond donors (Lipinski definition) is 4. The van der Waals surface area contributed by atoms with Gasteiger partial charge < -0.3 is 20.4 Å². The number of Topliss-reactive ketones (excluding diaryl/α,β-unsaturated/α-hetero) is 1. The van der Waals surface area contributed by atoms with E-state index in [0.717, 1.165) is 25.7 Å². The van der Waals surface area contributed by atoms with E-state index < -0.39 is 17.1 Å². The highest BCUT2D eigenvalue weighted by Gasteiger charge is 2.72. The number of ketones is 1. The Labute approximate surface area is 149 Å². The average Bonchev–Trinajstić information content (AvgIpc) is 2.92. The van der Waals surface area contributed by atoms with Crippen LogP contribution in [-0.4, -0.2) is 51.1 Å². The molecule has 25 heavy (non-hydrogen) atoms. The molecule has 5 nitrogen and oxygen atoms in total. The standard InChI is InChI=1S/C20H32O5/c1-17(10-21)15(24)3-4-18(2)16(17)14(23)8-12-7-13-9-19(12,18)5-6-20(13,25)11-22/h12-13,15-16,21-22,24-25H,3-11H2,1-2H3/t12-,13-,15-,16+,17-,18+,19+,20+/m1/s1. The lowest BCUT2D eigenvalue weighted by Crippen LogP contribution is -2.65. The fourth-order valence-corrected chi connectivity index (χ4v) is 7.74. The molecule has 4 rings (SSSR count). The van der Waals surface area contributed by atoms with Crippen molar-refractivity contribution in [2.24, 2.45) is 34.0 Å². The number of carbonyl (C=O) groups is 1. The Kier molecular flexibility index (Phi) is 3.78. The van der Waals surface area contributed by atoms with Crippen LogP contribution in [0.3, 0.4) is 0 Å². The third-order valence-corrected chi connectivity index (χ3v) is 9.24. The van der Waals surface area contributed by atoms with Gasteiger partial charge in [-0.05, 0) is 61.2 Å². The van der Waals surface area contributed by atoms with Gasteiger partial charge in [-0.15, -0.1) is 0 Å². The number of rotatable bonds is 2. The summed E-state index contributed by atoms with van der Waals surface area (Å²) < 4.78 is 0. The van der Waals surface area contributed by atoms with Gasteiger partial charge in [0.25, 0.3) is 0 Å². The van der Waals surface area contributed by atoms with Crippen LogP contribution in [-0.2, 0) is 4.79 Å². The first-order valence-corrected chi connectivity index (χ1v) is 9.82. The van der Waals surface area contributed by atoms with Gasteiger partial charge in [-0.25, -0.2) is 0 Å². The Balaban J connectivity index is 1.80. The van der Waals surface area contributed by atoms with Crippen molar-refractivity contribution in [1.29, 1.82) is 0 Å². The van der Waals surface area contributed by atoms with Crippen molar-refractivity contribution in [3.8, 4) is 0 Å². The highest BCUT2D eigenvalue weighted by atomic mass is 16.3. The number of fused-ring (bicyclic) bond motifs is 2. The van der Waals surface area contributed by atoms with Crippen LogP contribution in [0.1, 0.15) is 58.8 Å². The lowest BCUT2D eigenvalue weighted by Gasteiger charge is -2.65. The molecule has 0 aromatic heterocycles. The minimum absolute atomic E-state index is 0.0196. The second kappa shape index (κ2) is 5.28. The molecule has 2 bridgehead atoms. The fourth-order valence-electron chi connectivity index (χ4n) is 7.74. The summed E-state index contributed by atoms with van der Waals surface area (Å²) >= 11 is 0. The Morgan fingerprint density at radius 2 is 1.80 bits per heavy atom. The monoisotopic (exact) mass is 352 g/mol. The molecule has 0 amide bonds. The van der Waals surface area contributed by atoms with Gasteiger partial charge in [0.15, 0.2) is 0 Å². The van der Waals surface area contributed by atoms with Gasteiger partial charge >= 0.3 is 0 Å². The maximum Gasteiger partial charge on any atom is 0.137 e. The predicted octanol–water partition coefficient (Wildman–Crippen LogP) is 1.26. The lowest BCUT2D eigenvalue weighted by molar-refractivity contribution is -0.212. The third kappa shape index (κ3) is 1.96. The van der Waals surface area contributed by atoms with E-state index in [1.165, 1.54) is 0 Å². The van der Waals surface area contributed by atoms with Crippen molar-refractivity contribution in [1.82, 2.24) is 0 Å². The summed E-state index contributed by atoms with van der Waals surface area (Å²) in [6.07, 6.45) is 4.31. The van der Waals surface area contributed by atoms with E-state index in [1.54, 1.807) is 0 Å². The third-order valence-electron chi connectivity index (χ3n) is 9.24. The molecule has 1 spiro atoms. The molecule has 4 aliphatic rings. The van der Waals surface area contributed by atoms with Crippen molar-refractivity contribution < 1.29 is 25.2 Å². The first-order chi connectivity index (χ1) is 11.7. The average molecular weight is 352 g/mol. The minimum atomic E-state index is -1.01. The van der Waals surface area contributed by atoms with Crippen LogP contribution in [0.2, 0.25) is 0 Å². The second-order valence-electron chi connectivity index (χ2n) is 9.99. The SMILES string of the molecule is C[C@@]1(CO)[C@H](O)CC[C@@]2(C)[C@H]1C(=O)C[C@H]1C[C@@H]3C[C@@]12CC[C@]3(O)CO. The predicted molar refractivity (Wildman–Crippen MR) is 91.6 cm³/mol. The van der Waals surface area contributed by atoms with Crippen LogP contribution in [0.15, 0.2) is 0 Å². The molecule has 0 aromatic rings. The number of carbonyl (C=O) groups excluding carboxylic acids is 1. The van der Waals surface area contributed by atoms with Gasteiger partial charge in [-0.1, -0.05) is 13.8 Å². The summed E-state index contributed by atoms with van der Waals surface area (Å²) in [6, 6.07) is 0. The minimum Gasteiger partial charge on any atom is -0.396 e. The summed E-state index contributed by atoms with van der Waals surface area (Å²) in [5.41, 5.74) is -2.07. The molecule has 0 radical (unpaired) electrons. The normalized spacial score (nSPS) is 57.9. The zero-order chi connectivity index (χ0) is 18.3. The zero-order valence-electron chi connectivity index (χ0n) is 15.4. The van der Waals surface area contributed by atoms with E-state index >= 15 is 0 Å². The number of aliphatic hydroxyl groups is 4. The first kappa shape index (κ1) is 17.9. The molecule has 4 fully saturated rings. The van der Waals surface area contributed by atoms with Gasteiger partial charge in [0.05, 0.1) is 24.9 Å². The smallest absolute Gasteiger partial charge is 0.137 e. The summed E-state index contributed by atoms with van der Waals surface area (Å²) in [5.74, 6) is 0.148. The summed E-state index contributed by atoms with van der Waals surface area (Å²) in [6.45, 7) is 3.69. The fraction of sp³-hybridized carbons (Fsp3) is 0.950. The summed E-state index contributed by atoms with van der Waals surface area (Å²) in [5, 5.41) is 41.2. The van der Waals surface area contributed by atoms with Gasteiger partial charge in [0.2, 0.25) is 0 Å². The van der Waals surface area contributed by atoms with Crippen LogP contribution in [0.5, 0.6) is 0 Å². The van der Waals surface area contributed by atoms with E-state index in [9.17, 15) is 25.2 Å². The maximum absolute atomic E-state index is 13.2. The van der Waals surface area contributed by atoms with Crippen LogP contribution in [0.4, 0.5) is 0 Å². The van der Waals surface area contributed by atoms with Crippen molar-refractivity contribution >= 4 is 5.78 Å². The quantitative estimate of drug-likeness (QED) is 0.600. The first-order valence-electron chi connectivity index (χ1n) is 9.82. The van der Waals surface area contributed by atoms with Crippen LogP contribution in [0, 0.1) is 34.0 Å². The molecule has 0 heterocycles. The van der Waals surface area contributed by atoms with Crippen LogP contribution in [0.25, 0.3) is 0 Å². The molecule has 0 aromatic carbocycles. The van der Waals surface area contributed by atoms with Crippen LogP contribution >= 0.6 is 0 Å². The lowest BCUT2D eigenvalue weighted by atomic mass is 9.39. The summed E-state index contributed by atoms with van der Waals surface area (Å²) in [7, 11) is 0. The highest BCUT2D eigenvalue weighted by molar-refractivity contribution is 5.84. The van der Waals surface area contributed by atoms with Gasteiger partial charge in [-0.3, -0.25) is 4.79 Å². The topological polar surface area (TPSA) is 98.0 Å². The van der Waals surface area contributed by atoms with E-state index in [4.69, 9.17) is 0 Å². The van der Waals surface area contributed by atoms with Gasteiger partial charge in [0.1, 0.15) is 5.78 Å². The highest BCUT2D eigenvalue weighted by Crippen LogP contribution is 2.74. The maximum atomic E-state index is 13.2. The van der Waals surface area contributed by atoms with E-state index in [-0.39, 0.29) is 47.6 Å². The Hall–Kier alpha value is -0.490. The second-order valence-corrected chi connectivity index (χ2v) is 9.99. The van der Waals surface area contributed by atoms with Gasteiger partial charge in [0, 0.05) is 17.8 Å². The Morgan fingerprint density at radius 1 is 1.08 bits per heavy atom. The molecule has 0 unspecified atom stereocenters. The van der Waals surface area contributed by atoms with E-state index in [2.05, 4.69) is 6.92 Å². The Morgan fingerprint density at radius 3 is 2.44 bits per heavy atom. The molecular formula is C20H32O5. The van der Waals surface area contributed by atoms with Gasteiger partial charge in [-0.2, -0.15) is 0 Å². The van der Waals surface area contributed by atoms with Crippen molar-refractivity contribution in [3.63, 3.8) is 0 Å². The summed E-state index contributed by atoms with van der Waals surface area (Å²) in [4.78, 5) is 13.2. The molecule has 5 heteroatoms.